The Morgan fingerprint density at radius 3 is 2.49 bits per heavy atom. The average Bonchev–Trinajstić information content (AvgIpc) is 2.78. The summed E-state index contributed by atoms with van der Waals surface area (Å²) < 4.78 is 0. The van der Waals surface area contributed by atoms with Gasteiger partial charge in [-0.3, -0.25) is 0 Å². The van der Waals surface area contributed by atoms with Crippen LogP contribution in [0.3, 0.4) is 0 Å². The molecule has 4 unspecified atom stereocenters. The summed E-state index contributed by atoms with van der Waals surface area (Å²) >= 11 is 0. The fourth-order valence-corrected chi connectivity index (χ4v) is 5.40. The van der Waals surface area contributed by atoms with E-state index >= 15 is 0 Å². The first-order valence-electron chi connectivity index (χ1n) is 13.4. The summed E-state index contributed by atoms with van der Waals surface area (Å²) in [5, 5.41) is 7.47. The van der Waals surface area contributed by atoms with Gasteiger partial charge in [-0.25, -0.2) is 0 Å². The Morgan fingerprint density at radius 2 is 1.83 bits per heavy atom. The van der Waals surface area contributed by atoms with E-state index in [0.29, 0.717) is 23.8 Å². The second-order valence-electron chi connectivity index (χ2n) is 11.5. The minimum Gasteiger partial charge on any atom is -0.384 e. The van der Waals surface area contributed by atoms with Gasteiger partial charge < -0.3 is 10.6 Å². The number of allylic oxidation sites excluding steroid dienone is 6. The zero-order valence-corrected chi connectivity index (χ0v) is 23.3. The van der Waals surface area contributed by atoms with Gasteiger partial charge in [0.15, 0.2) is 0 Å². The highest BCUT2D eigenvalue weighted by molar-refractivity contribution is 5.33. The van der Waals surface area contributed by atoms with Crippen molar-refractivity contribution in [3.05, 3.63) is 96.4 Å². The predicted octanol–water partition coefficient (Wildman–Crippen LogP) is 8.82. The molecule has 0 fully saturated rings. The normalized spacial score (nSPS) is 18.6. The van der Waals surface area contributed by atoms with E-state index in [9.17, 15) is 0 Å². The number of rotatable bonds is 14. The van der Waals surface area contributed by atoms with Gasteiger partial charge in [0.1, 0.15) is 0 Å². The molecule has 0 bridgehead atoms. The molecule has 2 heteroatoms. The molecular formula is C33H50N2. The van der Waals surface area contributed by atoms with Crippen LogP contribution < -0.4 is 10.6 Å². The van der Waals surface area contributed by atoms with Crippen LogP contribution in [0.1, 0.15) is 90.8 Å². The van der Waals surface area contributed by atoms with Gasteiger partial charge in [-0.1, -0.05) is 81.1 Å². The predicted molar refractivity (Wildman–Crippen MR) is 155 cm³/mol. The monoisotopic (exact) mass is 474 g/mol. The smallest absolute Gasteiger partial charge is 0.0513 e. The van der Waals surface area contributed by atoms with Crippen molar-refractivity contribution in [1.82, 2.24) is 10.6 Å². The van der Waals surface area contributed by atoms with Crippen LogP contribution in [0.15, 0.2) is 85.3 Å². The summed E-state index contributed by atoms with van der Waals surface area (Å²) in [7, 11) is 0. The Kier molecular flexibility index (Phi) is 10.7. The summed E-state index contributed by atoms with van der Waals surface area (Å²) in [6, 6.07) is 9.19. The molecule has 0 radical (unpaired) electrons. The minimum absolute atomic E-state index is 0.0366. The largest absolute Gasteiger partial charge is 0.384 e. The Bertz CT molecular complexity index is 932. The fraction of sp³-hybridized carbons (Fsp3) is 0.515. The third-order valence-electron chi connectivity index (χ3n) is 7.54. The molecule has 35 heavy (non-hydrogen) atoms. The van der Waals surface area contributed by atoms with Crippen molar-refractivity contribution in [3.63, 3.8) is 0 Å². The lowest BCUT2D eigenvalue weighted by molar-refractivity contribution is 0.323. The molecule has 0 spiro atoms. The van der Waals surface area contributed by atoms with E-state index in [1.54, 1.807) is 0 Å². The van der Waals surface area contributed by atoms with Crippen LogP contribution in [0.5, 0.6) is 0 Å². The molecular weight excluding hydrogens is 424 g/mol. The molecule has 0 aliphatic heterocycles. The molecule has 1 aromatic rings. The van der Waals surface area contributed by atoms with Crippen LogP contribution in [-0.2, 0) is 6.42 Å². The van der Waals surface area contributed by atoms with Crippen molar-refractivity contribution >= 4 is 0 Å². The lowest BCUT2D eigenvalue weighted by Gasteiger charge is -2.34. The molecule has 1 aliphatic rings. The van der Waals surface area contributed by atoms with Crippen LogP contribution in [0.2, 0.25) is 0 Å². The average molecular weight is 475 g/mol. The van der Waals surface area contributed by atoms with Crippen LogP contribution >= 0.6 is 0 Å². The number of benzene rings is 1. The van der Waals surface area contributed by atoms with Gasteiger partial charge in [0.2, 0.25) is 0 Å². The quantitative estimate of drug-likeness (QED) is 0.208. The number of fused-ring (bicyclic) bond motifs is 1. The molecule has 2 N–H and O–H groups in total. The van der Waals surface area contributed by atoms with Crippen molar-refractivity contribution in [2.45, 2.75) is 91.6 Å². The zero-order chi connectivity index (χ0) is 26.2. The Labute approximate surface area is 216 Å². The maximum Gasteiger partial charge on any atom is 0.0513 e. The van der Waals surface area contributed by atoms with Crippen LogP contribution in [0.25, 0.3) is 0 Å². The highest BCUT2D eigenvalue weighted by Crippen LogP contribution is 2.32. The van der Waals surface area contributed by atoms with Crippen LogP contribution in [-0.4, -0.2) is 5.54 Å². The molecule has 0 saturated heterocycles. The van der Waals surface area contributed by atoms with Crippen LogP contribution in [0.4, 0.5) is 0 Å². The Balaban J connectivity index is 1.91. The maximum atomic E-state index is 4.41. The summed E-state index contributed by atoms with van der Waals surface area (Å²) in [5.41, 5.74) is 7.55. The molecule has 1 aromatic carbocycles. The topological polar surface area (TPSA) is 24.1 Å². The number of hydrogen-bond acceptors (Lipinski definition) is 2. The molecule has 4 atom stereocenters. The highest BCUT2D eigenvalue weighted by Gasteiger charge is 2.25. The van der Waals surface area contributed by atoms with E-state index in [-0.39, 0.29) is 5.54 Å². The molecule has 192 valence electrons. The number of aryl methyl sites for hydroxylation is 1. The van der Waals surface area contributed by atoms with Gasteiger partial charge in [0.05, 0.1) is 6.04 Å². The third kappa shape index (κ3) is 8.91. The SMILES string of the molecule is C=CC(C)C(CCC(C)(C)NC(=C)C(C)CC(=C)NC1CCCc2ccccc21)/C(C)=C\C(=C)C. The Hall–Kier alpha value is -2.48. The van der Waals surface area contributed by atoms with E-state index in [1.807, 2.05) is 0 Å². The van der Waals surface area contributed by atoms with Gasteiger partial charge in [-0.15, -0.1) is 6.58 Å². The van der Waals surface area contributed by atoms with E-state index in [1.165, 1.54) is 36.0 Å². The Morgan fingerprint density at radius 1 is 1.14 bits per heavy atom. The summed E-state index contributed by atoms with van der Waals surface area (Å²) in [6.07, 6.45) is 10.9. The minimum atomic E-state index is -0.0366. The van der Waals surface area contributed by atoms with Crippen molar-refractivity contribution < 1.29 is 0 Å². The molecule has 0 heterocycles. The first-order chi connectivity index (χ1) is 16.4. The second kappa shape index (κ2) is 13.0. The van der Waals surface area contributed by atoms with Crippen molar-refractivity contribution in [1.29, 1.82) is 0 Å². The molecule has 2 nitrogen and oxygen atoms in total. The van der Waals surface area contributed by atoms with Crippen molar-refractivity contribution in [3.8, 4) is 0 Å². The first kappa shape index (κ1) is 28.8. The van der Waals surface area contributed by atoms with E-state index in [2.05, 4.69) is 115 Å². The summed E-state index contributed by atoms with van der Waals surface area (Å²) in [4.78, 5) is 0. The third-order valence-corrected chi connectivity index (χ3v) is 7.54. The fourth-order valence-electron chi connectivity index (χ4n) is 5.40. The van der Waals surface area contributed by atoms with E-state index < -0.39 is 0 Å². The van der Waals surface area contributed by atoms with Gasteiger partial charge in [0.25, 0.3) is 0 Å². The van der Waals surface area contributed by atoms with Gasteiger partial charge >= 0.3 is 0 Å². The van der Waals surface area contributed by atoms with E-state index in [4.69, 9.17) is 0 Å². The van der Waals surface area contributed by atoms with Crippen molar-refractivity contribution in [2.24, 2.45) is 17.8 Å². The summed E-state index contributed by atoms with van der Waals surface area (Å²) in [5.74, 6) is 1.21. The number of nitrogens with one attached hydrogen (secondary N) is 2. The van der Waals surface area contributed by atoms with Gasteiger partial charge in [-0.05, 0) is 89.2 Å². The van der Waals surface area contributed by atoms with Gasteiger partial charge in [-0.2, -0.15) is 0 Å². The molecule has 0 amide bonds. The lowest BCUT2D eigenvalue weighted by atomic mass is 9.80. The molecule has 0 saturated carbocycles. The van der Waals surface area contributed by atoms with Crippen molar-refractivity contribution in [2.75, 3.05) is 0 Å². The van der Waals surface area contributed by atoms with Gasteiger partial charge in [0, 0.05) is 22.9 Å². The zero-order valence-electron chi connectivity index (χ0n) is 23.3. The van der Waals surface area contributed by atoms with Crippen LogP contribution in [0, 0.1) is 17.8 Å². The molecule has 1 aliphatic carbocycles. The lowest BCUT2D eigenvalue weighted by Crippen LogP contribution is -2.40. The molecule has 2 rings (SSSR count). The summed E-state index contributed by atoms with van der Waals surface area (Å²) in [6.45, 7) is 30.2. The highest BCUT2D eigenvalue weighted by atomic mass is 15.0. The second-order valence-corrected chi connectivity index (χ2v) is 11.5. The number of hydrogen-bond donors (Lipinski definition) is 2. The maximum absolute atomic E-state index is 4.41. The standard InChI is InChI=1S/C33H50N2/c1-11-24(4)30(26(6)21-23(2)3)19-20-33(9,10)35-28(8)25(5)22-27(7)34-32-18-14-16-29-15-12-13-17-31(29)32/h11-13,15,17,21,24-25,30,32,34-35H,1-2,7-8,14,16,18-20,22H2,3-6,9-10H3/b26-21-. The van der Waals surface area contributed by atoms with E-state index in [0.717, 1.165) is 36.2 Å². The first-order valence-corrected chi connectivity index (χ1v) is 13.4. The molecule has 0 aromatic heterocycles.